The van der Waals surface area contributed by atoms with Crippen molar-refractivity contribution in [1.29, 1.82) is 0 Å². The molecular formula is C18H31N3O3. The minimum absolute atomic E-state index is 0.0831. The Labute approximate surface area is 144 Å². The van der Waals surface area contributed by atoms with Crippen molar-refractivity contribution in [2.75, 3.05) is 32.8 Å². The summed E-state index contributed by atoms with van der Waals surface area (Å²) in [6, 6.07) is 0.918. The molecular weight excluding hydrogens is 306 g/mol. The number of rotatable bonds is 2. The van der Waals surface area contributed by atoms with Crippen LogP contribution in [-0.2, 0) is 4.74 Å². The average Bonchev–Trinajstić information content (AvgIpc) is 3.00. The van der Waals surface area contributed by atoms with Gasteiger partial charge in [-0.3, -0.25) is 4.90 Å². The van der Waals surface area contributed by atoms with E-state index in [-0.39, 0.29) is 23.8 Å². The van der Waals surface area contributed by atoms with E-state index in [0.29, 0.717) is 6.04 Å². The number of likely N-dealkylation sites (tertiary alicyclic amines) is 2. The molecule has 24 heavy (non-hydrogen) atoms. The number of nitrogens with zero attached hydrogens (tertiary/aromatic N) is 2. The molecule has 4 fully saturated rings. The monoisotopic (exact) mass is 337 g/mol. The minimum Gasteiger partial charge on any atom is -0.392 e. The number of hydrogen-bond donors (Lipinski definition) is 2. The fraction of sp³-hybridized carbons (Fsp3) is 0.944. The molecule has 1 saturated carbocycles. The number of nitrogens with one attached hydrogen (secondary N) is 1. The van der Waals surface area contributed by atoms with E-state index in [1.54, 1.807) is 0 Å². The molecule has 3 aliphatic heterocycles. The maximum Gasteiger partial charge on any atom is 0.317 e. The second kappa shape index (κ2) is 6.81. The van der Waals surface area contributed by atoms with Crippen LogP contribution in [0.3, 0.4) is 0 Å². The van der Waals surface area contributed by atoms with Crippen molar-refractivity contribution in [3.05, 3.63) is 0 Å². The van der Waals surface area contributed by atoms with Crippen LogP contribution in [0, 0.1) is 0 Å². The molecule has 3 saturated heterocycles. The van der Waals surface area contributed by atoms with Crippen LogP contribution in [0.2, 0.25) is 0 Å². The van der Waals surface area contributed by atoms with E-state index in [4.69, 9.17) is 4.74 Å². The Balaban J connectivity index is 1.23. The highest BCUT2D eigenvalue weighted by atomic mass is 16.5. The Morgan fingerprint density at radius 1 is 1.12 bits per heavy atom. The zero-order valence-electron chi connectivity index (χ0n) is 14.6. The number of urea groups is 1. The van der Waals surface area contributed by atoms with Gasteiger partial charge in [0.15, 0.2) is 0 Å². The van der Waals surface area contributed by atoms with Crippen LogP contribution in [-0.4, -0.2) is 77.5 Å². The number of hydrogen-bond acceptors (Lipinski definition) is 4. The van der Waals surface area contributed by atoms with Crippen molar-refractivity contribution < 1.29 is 14.6 Å². The first kappa shape index (κ1) is 16.6. The lowest BCUT2D eigenvalue weighted by atomic mass is 9.74. The summed E-state index contributed by atoms with van der Waals surface area (Å²) in [6.45, 7) is 4.25. The van der Waals surface area contributed by atoms with E-state index < -0.39 is 0 Å². The van der Waals surface area contributed by atoms with Gasteiger partial charge in [-0.1, -0.05) is 0 Å². The van der Waals surface area contributed by atoms with E-state index >= 15 is 0 Å². The molecule has 2 amide bonds. The minimum atomic E-state index is -0.154. The topological polar surface area (TPSA) is 65.0 Å². The van der Waals surface area contributed by atoms with Gasteiger partial charge in [0.1, 0.15) is 0 Å². The first-order valence-electron chi connectivity index (χ1n) is 9.75. The molecule has 0 aromatic carbocycles. The van der Waals surface area contributed by atoms with Crippen molar-refractivity contribution in [3.8, 4) is 0 Å². The lowest BCUT2D eigenvalue weighted by Crippen LogP contribution is -2.55. The third-order valence-electron chi connectivity index (χ3n) is 6.55. The number of carbonyl (C=O) groups excluding carboxylic acids is 1. The molecule has 1 spiro atoms. The molecule has 0 radical (unpaired) electrons. The van der Waals surface area contributed by atoms with Crippen LogP contribution in [0.4, 0.5) is 4.79 Å². The largest absolute Gasteiger partial charge is 0.392 e. The van der Waals surface area contributed by atoms with Crippen LogP contribution in [0.25, 0.3) is 0 Å². The van der Waals surface area contributed by atoms with Crippen molar-refractivity contribution in [2.45, 2.75) is 75.2 Å². The van der Waals surface area contributed by atoms with Gasteiger partial charge in [0.25, 0.3) is 0 Å². The smallest absolute Gasteiger partial charge is 0.317 e. The summed E-state index contributed by atoms with van der Waals surface area (Å²) in [5.41, 5.74) is 0.0831. The third kappa shape index (κ3) is 3.41. The van der Waals surface area contributed by atoms with Crippen LogP contribution in [0.5, 0.6) is 0 Å². The highest BCUT2D eigenvalue weighted by molar-refractivity contribution is 5.74. The summed E-state index contributed by atoms with van der Waals surface area (Å²) >= 11 is 0. The normalized spacial score (nSPS) is 34.3. The molecule has 136 valence electrons. The highest BCUT2D eigenvalue weighted by Gasteiger charge is 2.43. The zero-order chi connectivity index (χ0) is 16.6. The first-order chi connectivity index (χ1) is 11.6. The van der Waals surface area contributed by atoms with Gasteiger partial charge in [0.05, 0.1) is 11.7 Å². The predicted molar refractivity (Wildman–Crippen MR) is 90.9 cm³/mol. The highest BCUT2D eigenvalue weighted by Crippen LogP contribution is 2.42. The van der Waals surface area contributed by atoms with Gasteiger partial charge in [-0.2, -0.15) is 0 Å². The summed E-state index contributed by atoms with van der Waals surface area (Å²) in [5.74, 6) is 0. The van der Waals surface area contributed by atoms with Gasteiger partial charge >= 0.3 is 6.03 Å². The van der Waals surface area contributed by atoms with Gasteiger partial charge in [-0.15, -0.1) is 0 Å². The first-order valence-corrected chi connectivity index (χ1v) is 9.75. The summed E-state index contributed by atoms with van der Waals surface area (Å²) in [5, 5.41) is 13.0. The van der Waals surface area contributed by atoms with Crippen LogP contribution < -0.4 is 5.32 Å². The van der Waals surface area contributed by atoms with Gasteiger partial charge in [-0.05, 0) is 51.4 Å². The SMILES string of the molecule is O=C(NC1CCOC2(CCC2)C1)N1CCC(N2CCC(O)C2)CC1. The molecule has 6 nitrogen and oxygen atoms in total. The van der Waals surface area contributed by atoms with Crippen LogP contribution >= 0.6 is 0 Å². The maximum absolute atomic E-state index is 12.6. The zero-order valence-corrected chi connectivity index (χ0v) is 14.6. The van der Waals surface area contributed by atoms with Gasteiger partial charge in [0.2, 0.25) is 0 Å². The Kier molecular flexibility index (Phi) is 4.71. The molecule has 4 aliphatic rings. The van der Waals surface area contributed by atoms with Crippen molar-refractivity contribution in [3.63, 3.8) is 0 Å². The number of aliphatic hydroxyl groups excluding tert-OH is 1. The van der Waals surface area contributed by atoms with Crippen molar-refractivity contribution in [2.24, 2.45) is 0 Å². The Hall–Kier alpha value is -0.850. The number of piperidine rings is 1. The molecule has 2 N–H and O–H groups in total. The molecule has 3 heterocycles. The predicted octanol–water partition coefficient (Wildman–Crippen LogP) is 1.33. The van der Waals surface area contributed by atoms with E-state index in [1.807, 2.05) is 4.90 Å². The summed E-state index contributed by atoms with van der Waals surface area (Å²) in [7, 11) is 0. The van der Waals surface area contributed by atoms with Crippen molar-refractivity contribution >= 4 is 6.03 Å². The number of β-amino-alcohol motifs (C(OH)–C–C–N with tert-alkyl or cyclic N) is 1. The van der Waals surface area contributed by atoms with Gasteiger partial charge in [0, 0.05) is 44.9 Å². The fourth-order valence-electron chi connectivity index (χ4n) is 4.87. The van der Waals surface area contributed by atoms with Gasteiger partial charge < -0.3 is 20.1 Å². The van der Waals surface area contributed by atoms with Crippen LogP contribution in [0.15, 0.2) is 0 Å². The molecule has 4 rings (SSSR count). The van der Waals surface area contributed by atoms with Crippen molar-refractivity contribution in [1.82, 2.24) is 15.1 Å². The average molecular weight is 337 g/mol. The Bertz CT molecular complexity index is 460. The molecule has 6 heteroatoms. The summed E-state index contributed by atoms with van der Waals surface area (Å²) < 4.78 is 5.95. The summed E-state index contributed by atoms with van der Waals surface area (Å²) in [4.78, 5) is 17.0. The van der Waals surface area contributed by atoms with E-state index in [9.17, 15) is 9.90 Å². The van der Waals surface area contributed by atoms with Gasteiger partial charge in [-0.25, -0.2) is 4.79 Å². The quantitative estimate of drug-likeness (QED) is 0.798. The molecule has 0 aromatic heterocycles. The lowest BCUT2D eigenvalue weighted by molar-refractivity contribution is -0.134. The number of carbonyl (C=O) groups is 1. The van der Waals surface area contributed by atoms with E-state index in [0.717, 1.165) is 77.7 Å². The number of amides is 2. The second-order valence-corrected chi connectivity index (χ2v) is 8.18. The van der Waals surface area contributed by atoms with E-state index in [2.05, 4.69) is 10.2 Å². The Morgan fingerprint density at radius 3 is 2.54 bits per heavy atom. The molecule has 0 aromatic rings. The van der Waals surface area contributed by atoms with E-state index in [1.165, 1.54) is 6.42 Å². The number of ether oxygens (including phenoxy) is 1. The molecule has 1 aliphatic carbocycles. The van der Waals surface area contributed by atoms with Crippen LogP contribution in [0.1, 0.15) is 51.4 Å². The Morgan fingerprint density at radius 2 is 1.92 bits per heavy atom. The maximum atomic E-state index is 12.6. The molecule has 2 atom stereocenters. The summed E-state index contributed by atoms with van der Waals surface area (Å²) in [6.07, 6.45) is 8.30. The molecule has 2 unspecified atom stereocenters. The number of aliphatic hydroxyl groups is 1. The third-order valence-corrected chi connectivity index (χ3v) is 6.55. The fourth-order valence-corrected chi connectivity index (χ4v) is 4.87. The molecule has 0 bridgehead atoms. The second-order valence-electron chi connectivity index (χ2n) is 8.18. The standard InChI is InChI=1S/C18H31N3O3/c22-16-4-10-21(13-16)15-2-8-20(9-3-15)17(23)19-14-5-11-24-18(12-14)6-1-7-18/h14-16,22H,1-13H2,(H,19,23). The lowest BCUT2D eigenvalue weighted by Gasteiger charge is -2.47.